The lowest BCUT2D eigenvalue weighted by atomic mass is 10.0. The number of esters is 1. The smallest absolute Gasteiger partial charge is 0.306 e. The largest absolute Gasteiger partial charge is 0.462 e. The van der Waals surface area contributed by atoms with E-state index in [4.69, 9.17) is 14.2 Å². The van der Waals surface area contributed by atoms with Crippen molar-refractivity contribution >= 4 is 5.97 Å². The van der Waals surface area contributed by atoms with Gasteiger partial charge in [-0.2, -0.15) is 0 Å². The average molecular weight is 355 g/mol. The minimum atomic E-state index is -0.0128. The van der Waals surface area contributed by atoms with Gasteiger partial charge in [-0.15, -0.1) is 0 Å². The lowest BCUT2D eigenvalue weighted by Crippen LogP contribution is -2.22. The summed E-state index contributed by atoms with van der Waals surface area (Å²) in [5.74, 6) is -0.0128. The van der Waals surface area contributed by atoms with Gasteiger partial charge < -0.3 is 14.2 Å². The van der Waals surface area contributed by atoms with E-state index in [0.29, 0.717) is 18.6 Å². The second-order valence-corrected chi connectivity index (χ2v) is 7.70. The van der Waals surface area contributed by atoms with Crippen molar-refractivity contribution in [3.8, 4) is 0 Å². The molecule has 0 aromatic rings. The summed E-state index contributed by atoms with van der Waals surface area (Å²) in [4.78, 5) is 12.2. The molecule has 0 aliphatic carbocycles. The first kappa shape index (κ1) is 20.7. The van der Waals surface area contributed by atoms with Crippen LogP contribution in [0.15, 0.2) is 0 Å². The second kappa shape index (κ2) is 12.7. The lowest BCUT2D eigenvalue weighted by Gasteiger charge is -2.21. The van der Waals surface area contributed by atoms with Crippen molar-refractivity contribution in [1.82, 2.24) is 0 Å². The van der Waals surface area contributed by atoms with E-state index in [-0.39, 0.29) is 12.1 Å². The Bertz CT molecular complexity index is 326. The molecule has 4 nitrogen and oxygen atoms in total. The molecule has 0 aromatic heterocycles. The van der Waals surface area contributed by atoms with Gasteiger partial charge in [-0.3, -0.25) is 4.79 Å². The van der Waals surface area contributed by atoms with Crippen molar-refractivity contribution in [2.75, 3.05) is 13.2 Å². The van der Waals surface area contributed by atoms with Crippen LogP contribution in [0, 0.1) is 0 Å². The summed E-state index contributed by atoms with van der Waals surface area (Å²) in [6.45, 7) is 3.99. The number of carbonyl (C=O) groups excluding carboxylic acids is 1. The Morgan fingerprint density at radius 3 is 2.08 bits per heavy atom. The van der Waals surface area contributed by atoms with E-state index < -0.39 is 0 Å². The minimum absolute atomic E-state index is 0.0128. The maximum absolute atomic E-state index is 12.2. The van der Waals surface area contributed by atoms with Crippen molar-refractivity contribution in [1.29, 1.82) is 0 Å². The molecule has 2 saturated heterocycles. The van der Waals surface area contributed by atoms with E-state index in [1.54, 1.807) is 0 Å². The number of ether oxygens (including phenoxy) is 3. The van der Waals surface area contributed by atoms with Crippen LogP contribution in [0.25, 0.3) is 0 Å². The first-order chi connectivity index (χ1) is 12.3. The fourth-order valence-corrected chi connectivity index (χ4v) is 3.87. The highest BCUT2D eigenvalue weighted by molar-refractivity contribution is 5.69. The molecule has 0 saturated carbocycles. The van der Waals surface area contributed by atoms with Gasteiger partial charge in [0.25, 0.3) is 0 Å². The van der Waals surface area contributed by atoms with Crippen LogP contribution < -0.4 is 0 Å². The van der Waals surface area contributed by atoms with Gasteiger partial charge in [0.05, 0.1) is 12.2 Å². The molecule has 2 fully saturated rings. The summed E-state index contributed by atoms with van der Waals surface area (Å²) in [7, 11) is 0. The monoisotopic (exact) mass is 354 g/mol. The van der Waals surface area contributed by atoms with Gasteiger partial charge >= 0.3 is 5.97 Å². The van der Waals surface area contributed by atoms with Gasteiger partial charge in [-0.25, -0.2) is 0 Å². The molecule has 146 valence electrons. The fourth-order valence-electron chi connectivity index (χ4n) is 3.87. The van der Waals surface area contributed by atoms with Gasteiger partial charge in [0.2, 0.25) is 0 Å². The summed E-state index contributed by atoms with van der Waals surface area (Å²) < 4.78 is 17.3. The van der Waals surface area contributed by atoms with E-state index in [1.807, 2.05) is 0 Å². The van der Waals surface area contributed by atoms with E-state index in [2.05, 4.69) is 6.92 Å². The number of rotatable bonds is 13. The molecule has 2 aliphatic rings. The molecule has 2 aliphatic heterocycles. The third-order valence-corrected chi connectivity index (χ3v) is 5.45. The van der Waals surface area contributed by atoms with Crippen molar-refractivity contribution < 1.29 is 19.0 Å². The van der Waals surface area contributed by atoms with Crippen LogP contribution in [0.3, 0.4) is 0 Å². The Kier molecular flexibility index (Phi) is 10.5. The van der Waals surface area contributed by atoms with E-state index in [1.165, 1.54) is 32.1 Å². The summed E-state index contributed by atoms with van der Waals surface area (Å²) in [5, 5.41) is 0. The lowest BCUT2D eigenvalue weighted by molar-refractivity contribution is -0.150. The molecule has 0 unspecified atom stereocenters. The molecule has 2 heterocycles. The summed E-state index contributed by atoms with van der Waals surface area (Å²) in [6, 6.07) is 0. The Balaban J connectivity index is 1.66. The van der Waals surface area contributed by atoms with Gasteiger partial charge in [0.1, 0.15) is 6.10 Å². The summed E-state index contributed by atoms with van der Waals surface area (Å²) >= 11 is 0. The maximum Gasteiger partial charge on any atom is 0.306 e. The van der Waals surface area contributed by atoms with Gasteiger partial charge in [-0.1, -0.05) is 32.6 Å². The topological polar surface area (TPSA) is 44.8 Å². The van der Waals surface area contributed by atoms with Gasteiger partial charge in [0, 0.05) is 19.6 Å². The van der Waals surface area contributed by atoms with E-state index in [0.717, 1.165) is 64.6 Å². The number of hydrogen-bond donors (Lipinski definition) is 0. The standard InChI is InChI=1S/C21H38O4/c1-2-3-4-5-6-11-21(22)25-20(14-12-18-9-7-16-23-18)15-13-19-10-8-17-24-19/h18-20H,2-17H2,1H3/t18-,19-/m0/s1. The normalized spacial score (nSPS) is 23.4. The predicted molar refractivity (Wildman–Crippen MR) is 99.7 cm³/mol. The zero-order valence-electron chi connectivity index (χ0n) is 16.2. The third kappa shape index (κ3) is 9.05. The minimum Gasteiger partial charge on any atom is -0.462 e. The van der Waals surface area contributed by atoms with Crippen LogP contribution in [-0.4, -0.2) is 37.5 Å². The zero-order valence-corrected chi connectivity index (χ0v) is 16.2. The molecule has 25 heavy (non-hydrogen) atoms. The zero-order chi connectivity index (χ0) is 17.7. The molecule has 0 bridgehead atoms. The first-order valence-electron chi connectivity index (χ1n) is 10.7. The van der Waals surface area contributed by atoms with Crippen molar-refractivity contribution in [3.05, 3.63) is 0 Å². The van der Waals surface area contributed by atoms with Crippen LogP contribution in [0.4, 0.5) is 0 Å². The number of hydrogen-bond acceptors (Lipinski definition) is 4. The third-order valence-electron chi connectivity index (χ3n) is 5.45. The quantitative estimate of drug-likeness (QED) is 0.338. The van der Waals surface area contributed by atoms with Gasteiger partial charge in [0.15, 0.2) is 0 Å². The van der Waals surface area contributed by atoms with Crippen molar-refractivity contribution in [2.45, 2.75) is 115 Å². The summed E-state index contributed by atoms with van der Waals surface area (Å²) in [5.41, 5.74) is 0. The summed E-state index contributed by atoms with van der Waals surface area (Å²) in [6.07, 6.45) is 15.7. The van der Waals surface area contributed by atoms with Crippen LogP contribution >= 0.6 is 0 Å². The molecule has 0 amide bonds. The molecule has 0 radical (unpaired) electrons. The Morgan fingerprint density at radius 2 is 1.56 bits per heavy atom. The number of carbonyl (C=O) groups is 1. The van der Waals surface area contributed by atoms with Crippen molar-refractivity contribution in [2.24, 2.45) is 0 Å². The Hall–Kier alpha value is -0.610. The van der Waals surface area contributed by atoms with Gasteiger partial charge in [-0.05, 0) is 57.8 Å². The maximum atomic E-state index is 12.2. The Morgan fingerprint density at radius 1 is 0.960 bits per heavy atom. The highest BCUT2D eigenvalue weighted by Crippen LogP contribution is 2.23. The average Bonchev–Trinajstić information content (AvgIpc) is 3.30. The molecule has 2 atom stereocenters. The highest BCUT2D eigenvalue weighted by atomic mass is 16.5. The molecule has 0 aromatic carbocycles. The van der Waals surface area contributed by atoms with Crippen LogP contribution in [0.2, 0.25) is 0 Å². The van der Waals surface area contributed by atoms with E-state index in [9.17, 15) is 4.79 Å². The molecule has 2 rings (SSSR count). The second-order valence-electron chi connectivity index (χ2n) is 7.70. The molecular formula is C21H38O4. The van der Waals surface area contributed by atoms with Crippen LogP contribution in [0.5, 0.6) is 0 Å². The molecule has 4 heteroatoms. The fraction of sp³-hybridized carbons (Fsp3) is 0.952. The predicted octanol–water partition coefficient (Wildman–Crippen LogP) is 5.18. The van der Waals surface area contributed by atoms with E-state index >= 15 is 0 Å². The first-order valence-corrected chi connectivity index (χ1v) is 10.7. The van der Waals surface area contributed by atoms with Crippen molar-refractivity contribution in [3.63, 3.8) is 0 Å². The Labute approximate surface area is 154 Å². The van der Waals surface area contributed by atoms with Crippen LogP contribution in [0.1, 0.15) is 96.8 Å². The number of unbranched alkanes of at least 4 members (excludes halogenated alkanes) is 4. The van der Waals surface area contributed by atoms with Crippen LogP contribution in [-0.2, 0) is 19.0 Å². The molecule has 0 spiro atoms. The molecular weight excluding hydrogens is 316 g/mol. The SMILES string of the molecule is CCCCCCCC(=O)OC(CC[C@@H]1CCCO1)CC[C@@H]1CCCO1. The molecule has 0 N–H and O–H groups in total. The highest BCUT2D eigenvalue weighted by Gasteiger charge is 2.23.